The molecule has 10 heteroatoms. The molecular weight excluding hydrogens is 514 g/mol. The molecule has 4 rings (SSSR count). The number of aryl methyl sites for hydroxylation is 4. The number of halogens is 3. The first-order valence-electron chi connectivity index (χ1n) is 11.8. The summed E-state index contributed by atoms with van der Waals surface area (Å²) in [6, 6.07) is 7.63. The van der Waals surface area contributed by atoms with Gasteiger partial charge in [-0.25, -0.2) is 18.7 Å². The van der Waals surface area contributed by atoms with Gasteiger partial charge in [0.15, 0.2) is 10.8 Å². The third-order valence-electron chi connectivity index (χ3n) is 6.10. The smallest absolute Gasteiger partial charge is 0.280 e. The largest absolute Gasteiger partial charge is 0.471 e. The van der Waals surface area contributed by atoms with Crippen molar-refractivity contribution in [3.63, 3.8) is 0 Å². The fraction of sp³-hybridized carbons (Fsp3) is 0.286. The summed E-state index contributed by atoms with van der Waals surface area (Å²) in [7, 11) is 0. The predicted octanol–water partition coefficient (Wildman–Crippen LogP) is 5.66. The van der Waals surface area contributed by atoms with Gasteiger partial charge in [-0.15, -0.1) is 0 Å². The van der Waals surface area contributed by atoms with E-state index in [0.717, 1.165) is 17.2 Å². The van der Waals surface area contributed by atoms with E-state index in [9.17, 15) is 18.7 Å². The number of hydrogen-bond acceptors (Lipinski definition) is 6. The minimum Gasteiger partial charge on any atom is -0.471 e. The van der Waals surface area contributed by atoms with Crippen molar-refractivity contribution < 1.29 is 18.6 Å². The van der Waals surface area contributed by atoms with Crippen molar-refractivity contribution in [2.24, 2.45) is 0 Å². The Labute approximate surface area is 223 Å². The highest BCUT2D eigenvalue weighted by atomic mass is 35.5. The molecule has 38 heavy (non-hydrogen) atoms. The van der Waals surface area contributed by atoms with Crippen LogP contribution >= 0.6 is 11.6 Å². The molecule has 0 unspecified atom stereocenters. The van der Waals surface area contributed by atoms with Crippen LogP contribution in [0, 0.1) is 39.3 Å². The molecule has 0 bridgehead atoms. The number of ether oxygens (including phenoxy) is 1. The molecule has 4 aromatic rings. The van der Waals surface area contributed by atoms with Gasteiger partial charge < -0.3 is 9.84 Å². The van der Waals surface area contributed by atoms with Crippen LogP contribution in [0.4, 0.5) is 8.78 Å². The molecule has 0 saturated carbocycles. The molecular formula is C28H27ClF2N4O3. The minimum atomic E-state index is -1.23. The van der Waals surface area contributed by atoms with Crippen LogP contribution in [0.25, 0.3) is 16.9 Å². The Morgan fingerprint density at radius 1 is 1.00 bits per heavy atom. The predicted molar refractivity (Wildman–Crippen MR) is 141 cm³/mol. The van der Waals surface area contributed by atoms with Crippen molar-refractivity contribution >= 4 is 11.6 Å². The lowest BCUT2D eigenvalue weighted by Gasteiger charge is -2.18. The number of rotatable bonds is 6. The molecule has 0 radical (unpaired) electrons. The summed E-state index contributed by atoms with van der Waals surface area (Å²) in [5.41, 5.74) is 2.00. The molecule has 2 aromatic heterocycles. The molecule has 0 aliphatic rings. The lowest BCUT2D eigenvalue weighted by molar-refractivity contribution is 0.0688. The van der Waals surface area contributed by atoms with Gasteiger partial charge in [-0.3, -0.25) is 9.36 Å². The summed E-state index contributed by atoms with van der Waals surface area (Å²) in [6.07, 6.45) is 1.64. The van der Waals surface area contributed by atoms with Crippen molar-refractivity contribution in [2.45, 2.75) is 53.8 Å². The fourth-order valence-corrected chi connectivity index (χ4v) is 4.14. The molecule has 0 aliphatic carbocycles. The van der Waals surface area contributed by atoms with Crippen LogP contribution in [0.5, 0.6) is 5.88 Å². The van der Waals surface area contributed by atoms with Crippen molar-refractivity contribution in [2.75, 3.05) is 0 Å². The van der Waals surface area contributed by atoms with Gasteiger partial charge in [-0.2, -0.15) is 4.98 Å². The van der Waals surface area contributed by atoms with Crippen LogP contribution < -0.4 is 10.3 Å². The summed E-state index contributed by atoms with van der Waals surface area (Å²) in [5, 5.41) is 10.1. The van der Waals surface area contributed by atoms with Gasteiger partial charge in [0, 0.05) is 23.4 Å². The Bertz CT molecular complexity index is 1610. The molecule has 0 aliphatic heterocycles. The maximum atomic E-state index is 14.2. The Morgan fingerprint density at radius 2 is 1.71 bits per heavy atom. The molecule has 0 amide bonds. The SMILES string of the molecule is Cc1cc(COc2nc(C)n(-c3cc(-c4nc(C(C)(C)O)ncc4C)ccc3C)c(=O)c2Cl)c(F)cc1F. The molecule has 2 aromatic carbocycles. The van der Waals surface area contributed by atoms with E-state index in [0.29, 0.717) is 22.8 Å². The summed E-state index contributed by atoms with van der Waals surface area (Å²) < 4.78 is 34.7. The number of aliphatic hydroxyl groups is 1. The second-order valence-corrected chi connectivity index (χ2v) is 10.1. The Hall–Kier alpha value is -3.69. The summed E-state index contributed by atoms with van der Waals surface area (Å²) in [5.74, 6) is -1.02. The number of hydrogen-bond donors (Lipinski definition) is 1. The second-order valence-electron chi connectivity index (χ2n) is 9.69. The van der Waals surface area contributed by atoms with Gasteiger partial charge in [0.05, 0.1) is 11.4 Å². The van der Waals surface area contributed by atoms with Crippen molar-refractivity contribution in [3.8, 4) is 22.8 Å². The third-order valence-corrected chi connectivity index (χ3v) is 6.42. The van der Waals surface area contributed by atoms with Gasteiger partial charge in [0.2, 0.25) is 5.88 Å². The number of aromatic nitrogens is 4. The molecule has 1 N–H and O–H groups in total. The van der Waals surface area contributed by atoms with Gasteiger partial charge in [0.25, 0.3) is 5.56 Å². The van der Waals surface area contributed by atoms with Gasteiger partial charge >= 0.3 is 0 Å². The van der Waals surface area contributed by atoms with Crippen LogP contribution in [0.3, 0.4) is 0 Å². The van der Waals surface area contributed by atoms with E-state index in [4.69, 9.17) is 16.3 Å². The number of benzene rings is 2. The van der Waals surface area contributed by atoms with Crippen LogP contribution in [0.1, 0.15) is 47.8 Å². The van der Waals surface area contributed by atoms with Crippen molar-refractivity contribution in [1.82, 2.24) is 19.5 Å². The molecule has 2 heterocycles. The average molecular weight is 541 g/mol. The minimum absolute atomic E-state index is 0.109. The maximum Gasteiger partial charge on any atom is 0.280 e. The van der Waals surface area contributed by atoms with E-state index in [1.54, 1.807) is 33.0 Å². The van der Waals surface area contributed by atoms with Crippen LogP contribution in [-0.4, -0.2) is 24.6 Å². The zero-order valence-electron chi connectivity index (χ0n) is 21.9. The molecule has 0 fully saturated rings. The van der Waals surface area contributed by atoms with Gasteiger partial charge in [0.1, 0.15) is 29.7 Å². The second kappa shape index (κ2) is 10.2. The zero-order valence-corrected chi connectivity index (χ0v) is 22.6. The summed E-state index contributed by atoms with van der Waals surface area (Å²) >= 11 is 6.37. The van der Waals surface area contributed by atoms with Crippen molar-refractivity contribution in [1.29, 1.82) is 0 Å². The summed E-state index contributed by atoms with van der Waals surface area (Å²) in [6.45, 7) is 9.77. The molecule has 0 spiro atoms. The van der Waals surface area contributed by atoms with Crippen molar-refractivity contribution in [3.05, 3.63) is 97.4 Å². The fourth-order valence-electron chi connectivity index (χ4n) is 3.96. The highest BCUT2D eigenvalue weighted by Gasteiger charge is 2.22. The lowest BCUT2D eigenvalue weighted by atomic mass is 10.0. The Kier molecular flexibility index (Phi) is 7.36. The Morgan fingerprint density at radius 3 is 2.39 bits per heavy atom. The average Bonchev–Trinajstić information content (AvgIpc) is 2.84. The lowest BCUT2D eigenvalue weighted by Crippen LogP contribution is -2.24. The molecule has 0 atom stereocenters. The van der Waals surface area contributed by atoms with Gasteiger partial charge in [-0.1, -0.05) is 23.7 Å². The first-order valence-corrected chi connectivity index (χ1v) is 12.2. The van der Waals surface area contributed by atoms with E-state index in [-0.39, 0.29) is 34.5 Å². The van der Waals surface area contributed by atoms with Crippen LogP contribution in [-0.2, 0) is 12.2 Å². The highest BCUT2D eigenvalue weighted by molar-refractivity contribution is 6.31. The van der Waals surface area contributed by atoms with Crippen LogP contribution in [0.2, 0.25) is 5.02 Å². The first-order chi connectivity index (χ1) is 17.8. The normalized spacial score (nSPS) is 11.6. The molecule has 7 nitrogen and oxygen atoms in total. The van der Waals surface area contributed by atoms with E-state index in [1.807, 2.05) is 26.0 Å². The van der Waals surface area contributed by atoms with Crippen LogP contribution in [0.15, 0.2) is 41.3 Å². The summed E-state index contributed by atoms with van der Waals surface area (Å²) in [4.78, 5) is 26.5. The van der Waals surface area contributed by atoms with E-state index in [1.165, 1.54) is 17.6 Å². The topological polar surface area (TPSA) is 90.1 Å². The quantitative estimate of drug-likeness (QED) is 0.339. The third kappa shape index (κ3) is 5.30. The number of nitrogens with zero attached hydrogens (tertiary/aromatic N) is 4. The first kappa shape index (κ1) is 27.3. The monoisotopic (exact) mass is 540 g/mol. The maximum absolute atomic E-state index is 14.2. The molecule has 198 valence electrons. The highest BCUT2D eigenvalue weighted by Crippen LogP contribution is 2.29. The van der Waals surface area contributed by atoms with E-state index >= 15 is 0 Å². The van der Waals surface area contributed by atoms with E-state index in [2.05, 4.69) is 15.0 Å². The molecule has 0 saturated heterocycles. The standard InChI is InChI=1S/C28H27ClF2N4O3/c1-14-7-8-18(24-16(3)12-32-27(34-24)28(5,6)37)10-22(14)35-17(4)33-25(23(29)26(35)36)38-13-19-9-15(2)20(30)11-21(19)31/h7-12,37H,13H2,1-6H3. The Balaban J connectivity index is 1.75. The zero-order chi connectivity index (χ0) is 27.9. The van der Waals surface area contributed by atoms with E-state index < -0.39 is 22.8 Å². The van der Waals surface area contributed by atoms with Gasteiger partial charge in [-0.05, 0) is 70.4 Å².